The maximum Gasteiger partial charge on any atom is 0.328 e. The number of nitrogens with zero attached hydrogens (tertiary/aromatic N) is 1. The van der Waals surface area contributed by atoms with Gasteiger partial charge in [-0.15, -0.1) is 0 Å². The largest absolute Gasteiger partial charge is 0.328 e. The minimum atomic E-state index is -0.331. The molecule has 0 amide bonds. The van der Waals surface area contributed by atoms with Gasteiger partial charge in [-0.3, -0.25) is 14.3 Å². The number of aromatic nitrogens is 2. The first kappa shape index (κ1) is 15.6. The van der Waals surface area contributed by atoms with Gasteiger partial charge in [-0.1, -0.05) is 67.6 Å². The Morgan fingerprint density at radius 3 is 2.32 bits per heavy atom. The molecule has 1 aromatic heterocycles. The maximum absolute atomic E-state index is 12.6. The van der Waals surface area contributed by atoms with Crippen molar-refractivity contribution < 1.29 is 0 Å². The Morgan fingerprint density at radius 2 is 1.64 bits per heavy atom. The van der Waals surface area contributed by atoms with Crippen LogP contribution in [-0.2, 0) is 6.54 Å². The van der Waals surface area contributed by atoms with Gasteiger partial charge < -0.3 is 0 Å². The Morgan fingerprint density at radius 1 is 1.00 bits per heavy atom. The smallest absolute Gasteiger partial charge is 0.292 e. The summed E-state index contributed by atoms with van der Waals surface area (Å²) in [6, 6.07) is 20.0. The monoisotopic (exact) mass is 332 g/mol. The molecular formula is C21H20N2O2. The first-order valence-corrected chi connectivity index (χ1v) is 8.61. The molecule has 126 valence electrons. The van der Waals surface area contributed by atoms with E-state index in [2.05, 4.69) is 24.0 Å². The van der Waals surface area contributed by atoms with Crippen molar-refractivity contribution in [3.63, 3.8) is 0 Å². The molecule has 0 fully saturated rings. The second kappa shape index (κ2) is 6.20. The van der Waals surface area contributed by atoms with Gasteiger partial charge in [-0.05, 0) is 23.5 Å². The molecular weight excluding hydrogens is 312 g/mol. The van der Waals surface area contributed by atoms with Crippen LogP contribution in [0.3, 0.4) is 0 Å². The fraction of sp³-hybridized carbons (Fsp3) is 0.238. The van der Waals surface area contributed by atoms with E-state index in [1.54, 1.807) is 4.57 Å². The average molecular weight is 332 g/mol. The van der Waals surface area contributed by atoms with Crippen LogP contribution in [0.1, 0.15) is 47.6 Å². The molecule has 1 aliphatic carbocycles. The zero-order chi connectivity index (χ0) is 17.4. The molecule has 4 heteroatoms. The quantitative estimate of drug-likeness (QED) is 0.800. The summed E-state index contributed by atoms with van der Waals surface area (Å²) in [5.41, 5.74) is 3.25. The summed E-state index contributed by atoms with van der Waals surface area (Å²) >= 11 is 0. The van der Waals surface area contributed by atoms with Crippen molar-refractivity contribution in [2.45, 2.75) is 31.7 Å². The summed E-state index contributed by atoms with van der Waals surface area (Å²) in [4.78, 5) is 27.6. The lowest BCUT2D eigenvalue weighted by Crippen LogP contribution is -2.35. The zero-order valence-corrected chi connectivity index (χ0v) is 14.1. The number of hydrogen-bond acceptors (Lipinski definition) is 2. The number of aromatic amines is 1. The summed E-state index contributed by atoms with van der Waals surface area (Å²) in [6.45, 7) is 2.53. The van der Waals surface area contributed by atoms with Gasteiger partial charge in [-0.25, -0.2) is 4.79 Å². The van der Waals surface area contributed by atoms with Crippen molar-refractivity contribution in [3.8, 4) is 0 Å². The van der Waals surface area contributed by atoms with Gasteiger partial charge in [0.2, 0.25) is 0 Å². The predicted molar refractivity (Wildman–Crippen MR) is 98.2 cm³/mol. The molecule has 1 N–H and O–H groups in total. The van der Waals surface area contributed by atoms with E-state index < -0.39 is 0 Å². The molecule has 0 spiro atoms. The van der Waals surface area contributed by atoms with Gasteiger partial charge in [0.25, 0.3) is 5.56 Å². The second-order valence-corrected chi connectivity index (χ2v) is 6.73. The lowest BCUT2D eigenvalue weighted by Gasteiger charge is -2.18. The van der Waals surface area contributed by atoms with Gasteiger partial charge in [0.1, 0.15) is 0 Å². The van der Waals surface area contributed by atoms with Crippen LogP contribution < -0.4 is 11.2 Å². The lowest BCUT2D eigenvalue weighted by atomic mass is 9.95. The van der Waals surface area contributed by atoms with Crippen LogP contribution in [-0.4, -0.2) is 9.55 Å². The van der Waals surface area contributed by atoms with Crippen LogP contribution in [0.5, 0.6) is 0 Å². The Labute approximate surface area is 145 Å². The SMILES string of the molecule is CC1CC(c2ccccc2)c2c1c(=O)[nH]c(=O)n2Cc1ccccc1. The van der Waals surface area contributed by atoms with Gasteiger partial charge >= 0.3 is 5.69 Å². The fourth-order valence-electron chi connectivity index (χ4n) is 3.94. The fourth-order valence-corrected chi connectivity index (χ4v) is 3.94. The van der Waals surface area contributed by atoms with E-state index in [9.17, 15) is 9.59 Å². The van der Waals surface area contributed by atoms with Crippen molar-refractivity contribution >= 4 is 0 Å². The van der Waals surface area contributed by atoms with Crippen LogP contribution in [0.4, 0.5) is 0 Å². The van der Waals surface area contributed by atoms with Gasteiger partial charge in [0.05, 0.1) is 6.54 Å². The van der Waals surface area contributed by atoms with Crippen molar-refractivity contribution in [1.82, 2.24) is 9.55 Å². The van der Waals surface area contributed by atoms with Crippen LogP contribution >= 0.6 is 0 Å². The predicted octanol–water partition coefficient (Wildman–Crippen LogP) is 3.22. The van der Waals surface area contributed by atoms with Gasteiger partial charge in [-0.2, -0.15) is 0 Å². The Kier molecular flexibility index (Phi) is 3.88. The first-order chi connectivity index (χ1) is 12.1. The van der Waals surface area contributed by atoms with Gasteiger partial charge in [0.15, 0.2) is 0 Å². The van der Waals surface area contributed by atoms with Crippen LogP contribution in [0.15, 0.2) is 70.3 Å². The average Bonchev–Trinajstić information content (AvgIpc) is 2.98. The van der Waals surface area contributed by atoms with E-state index in [1.165, 1.54) is 0 Å². The summed E-state index contributed by atoms with van der Waals surface area (Å²) in [5.74, 6) is 0.205. The Bertz CT molecular complexity index is 1000. The maximum atomic E-state index is 12.6. The highest BCUT2D eigenvalue weighted by Crippen LogP contribution is 2.42. The van der Waals surface area contributed by atoms with Crippen LogP contribution in [0.25, 0.3) is 0 Å². The number of hydrogen-bond donors (Lipinski definition) is 1. The van der Waals surface area contributed by atoms with Crippen molar-refractivity contribution in [3.05, 3.63) is 104 Å². The number of benzene rings is 2. The highest BCUT2D eigenvalue weighted by Gasteiger charge is 2.35. The molecule has 0 saturated heterocycles. The molecule has 2 aromatic carbocycles. The highest BCUT2D eigenvalue weighted by molar-refractivity contribution is 5.40. The zero-order valence-electron chi connectivity index (χ0n) is 14.1. The molecule has 25 heavy (non-hydrogen) atoms. The molecule has 1 aliphatic rings. The van der Waals surface area contributed by atoms with E-state index >= 15 is 0 Å². The van der Waals surface area contributed by atoms with Gasteiger partial charge in [0, 0.05) is 17.2 Å². The molecule has 2 atom stereocenters. The van der Waals surface area contributed by atoms with E-state index in [0.717, 1.165) is 28.8 Å². The minimum absolute atomic E-state index is 0.0740. The molecule has 1 heterocycles. The summed E-state index contributed by atoms with van der Waals surface area (Å²) < 4.78 is 1.74. The molecule has 0 aliphatic heterocycles. The molecule has 4 nitrogen and oxygen atoms in total. The van der Waals surface area contributed by atoms with Crippen LogP contribution in [0, 0.1) is 0 Å². The topological polar surface area (TPSA) is 54.9 Å². The molecule has 0 radical (unpaired) electrons. The third-order valence-electron chi connectivity index (χ3n) is 5.07. The summed E-state index contributed by atoms with van der Waals surface area (Å²) in [7, 11) is 0. The van der Waals surface area contributed by atoms with E-state index in [4.69, 9.17) is 0 Å². The number of fused-ring (bicyclic) bond motifs is 1. The Balaban J connectivity index is 1.92. The van der Waals surface area contributed by atoms with Crippen LogP contribution in [0.2, 0.25) is 0 Å². The summed E-state index contributed by atoms with van der Waals surface area (Å²) in [5, 5.41) is 0. The summed E-state index contributed by atoms with van der Waals surface area (Å²) in [6.07, 6.45) is 0.848. The van der Waals surface area contributed by atoms with E-state index in [1.807, 2.05) is 48.5 Å². The third-order valence-corrected chi connectivity index (χ3v) is 5.07. The van der Waals surface area contributed by atoms with E-state index in [0.29, 0.717) is 6.54 Å². The third kappa shape index (κ3) is 2.74. The lowest BCUT2D eigenvalue weighted by molar-refractivity contribution is 0.634. The van der Waals surface area contributed by atoms with Crippen molar-refractivity contribution in [2.75, 3.05) is 0 Å². The van der Waals surface area contributed by atoms with E-state index in [-0.39, 0.29) is 23.1 Å². The highest BCUT2D eigenvalue weighted by atomic mass is 16.2. The first-order valence-electron chi connectivity index (χ1n) is 8.61. The Hall–Kier alpha value is -2.88. The molecule has 0 bridgehead atoms. The van der Waals surface area contributed by atoms with Crippen molar-refractivity contribution in [2.24, 2.45) is 0 Å². The minimum Gasteiger partial charge on any atom is -0.292 e. The molecule has 0 saturated carbocycles. The molecule has 3 aromatic rings. The molecule has 2 unspecified atom stereocenters. The second-order valence-electron chi connectivity index (χ2n) is 6.73. The number of H-pyrrole nitrogens is 1. The normalized spacial score (nSPS) is 18.9. The number of rotatable bonds is 3. The van der Waals surface area contributed by atoms with Crippen molar-refractivity contribution in [1.29, 1.82) is 0 Å². The standard InChI is InChI=1S/C21H20N2O2/c1-14-12-17(16-10-6-3-7-11-16)19-18(14)20(24)22-21(25)23(19)13-15-8-4-2-5-9-15/h2-11,14,17H,12-13H2,1H3,(H,22,24,25). The number of nitrogens with one attached hydrogen (secondary N) is 1. The molecule has 4 rings (SSSR count).